The zero-order valence-electron chi connectivity index (χ0n) is 11.9. The topological polar surface area (TPSA) is 155 Å². The standard InChI is InChI=1S/C12H10N2O9S/c15-8-3-4-9(16)13(8)5-1-2-11(18)23-14-10(17)6-7(12(14)19)24(20,21)22/h3-4,6H,1-2,5H2,(H,20,21,22). The van der Waals surface area contributed by atoms with Crippen LogP contribution in [0.5, 0.6) is 0 Å². The summed E-state index contributed by atoms with van der Waals surface area (Å²) in [4.78, 5) is 61.2. The predicted octanol–water partition coefficient (Wildman–Crippen LogP) is -1.71. The lowest BCUT2D eigenvalue weighted by molar-refractivity contribution is -0.196. The molecule has 0 saturated heterocycles. The highest BCUT2D eigenvalue weighted by Gasteiger charge is 2.40. The Kier molecular flexibility index (Phi) is 4.61. The number of imide groups is 2. The maximum absolute atomic E-state index is 11.6. The summed E-state index contributed by atoms with van der Waals surface area (Å²) in [7, 11) is -4.92. The van der Waals surface area contributed by atoms with Crippen LogP contribution < -0.4 is 0 Å². The number of carbonyl (C=O) groups is 5. The molecule has 0 aromatic rings. The van der Waals surface area contributed by atoms with Crippen LogP contribution in [-0.2, 0) is 38.9 Å². The number of hydrogen-bond donors (Lipinski definition) is 1. The highest BCUT2D eigenvalue weighted by Crippen LogP contribution is 2.18. The fraction of sp³-hybridized carbons (Fsp3) is 0.250. The van der Waals surface area contributed by atoms with Gasteiger partial charge < -0.3 is 4.84 Å². The molecule has 2 aliphatic rings. The van der Waals surface area contributed by atoms with E-state index < -0.39 is 44.6 Å². The molecule has 0 unspecified atom stereocenters. The quantitative estimate of drug-likeness (QED) is 0.431. The van der Waals surface area contributed by atoms with E-state index in [0.717, 1.165) is 17.1 Å². The molecule has 0 aromatic carbocycles. The van der Waals surface area contributed by atoms with Crippen LogP contribution in [-0.4, -0.2) is 59.1 Å². The van der Waals surface area contributed by atoms with Crippen molar-refractivity contribution >= 4 is 39.7 Å². The molecule has 0 atom stereocenters. The zero-order valence-corrected chi connectivity index (χ0v) is 12.7. The molecule has 2 heterocycles. The molecular weight excluding hydrogens is 348 g/mol. The summed E-state index contributed by atoms with van der Waals surface area (Å²) in [6.07, 6.45) is 2.12. The van der Waals surface area contributed by atoms with Crippen LogP contribution in [0.3, 0.4) is 0 Å². The molecule has 2 rings (SSSR count). The van der Waals surface area contributed by atoms with E-state index in [2.05, 4.69) is 4.84 Å². The van der Waals surface area contributed by atoms with E-state index in [1.54, 1.807) is 0 Å². The van der Waals surface area contributed by atoms with Gasteiger partial charge in [0.05, 0.1) is 0 Å². The highest BCUT2D eigenvalue weighted by molar-refractivity contribution is 7.90. The lowest BCUT2D eigenvalue weighted by atomic mass is 10.3. The smallest absolute Gasteiger partial charge is 0.330 e. The van der Waals surface area contributed by atoms with Gasteiger partial charge in [-0.15, -0.1) is 0 Å². The van der Waals surface area contributed by atoms with Gasteiger partial charge in [-0.1, -0.05) is 5.06 Å². The highest BCUT2D eigenvalue weighted by atomic mass is 32.2. The second-order valence-electron chi connectivity index (χ2n) is 4.65. The summed E-state index contributed by atoms with van der Waals surface area (Å²) < 4.78 is 30.5. The van der Waals surface area contributed by atoms with Crippen LogP contribution in [0.2, 0.25) is 0 Å². The van der Waals surface area contributed by atoms with Gasteiger partial charge in [-0.05, 0) is 6.42 Å². The third-order valence-electron chi connectivity index (χ3n) is 2.98. The predicted molar refractivity (Wildman–Crippen MR) is 72.7 cm³/mol. The Morgan fingerprint density at radius 1 is 1.08 bits per heavy atom. The van der Waals surface area contributed by atoms with Crippen molar-refractivity contribution in [2.24, 2.45) is 0 Å². The maximum Gasteiger partial charge on any atom is 0.333 e. The van der Waals surface area contributed by atoms with Crippen molar-refractivity contribution in [2.75, 3.05) is 6.54 Å². The summed E-state index contributed by atoms with van der Waals surface area (Å²) in [6.45, 7) is -0.0732. The molecule has 2 aliphatic heterocycles. The SMILES string of the molecule is O=C(CCCN1C(=O)C=CC1=O)ON1C(=O)C=C(S(=O)(=O)O)C1=O. The third-order valence-corrected chi connectivity index (χ3v) is 3.83. The molecule has 0 spiro atoms. The maximum atomic E-state index is 11.6. The van der Waals surface area contributed by atoms with E-state index in [9.17, 15) is 32.4 Å². The normalized spacial score (nSPS) is 17.8. The van der Waals surface area contributed by atoms with E-state index in [0.29, 0.717) is 6.08 Å². The minimum atomic E-state index is -4.92. The first-order chi connectivity index (χ1) is 11.1. The lowest BCUT2D eigenvalue weighted by Crippen LogP contribution is -2.35. The molecule has 0 saturated carbocycles. The van der Waals surface area contributed by atoms with E-state index in [1.165, 1.54) is 0 Å². The minimum absolute atomic E-state index is 0.00674. The van der Waals surface area contributed by atoms with Gasteiger partial charge in [-0.3, -0.25) is 28.6 Å². The summed E-state index contributed by atoms with van der Waals surface area (Å²) in [6, 6.07) is 0. The summed E-state index contributed by atoms with van der Waals surface area (Å²) in [5.74, 6) is -4.85. The van der Waals surface area contributed by atoms with Gasteiger partial charge in [0.2, 0.25) is 0 Å². The van der Waals surface area contributed by atoms with Crippen molar-refractivity contribution in [1.82, 2.24) is 9.96 Å². The molecule has 0 fully saturated rings. The first-order valence-electron chi connectivity index (χ1n) is 6.43. The van der Waals surface area contributed by atoms with Crippen LogP contribution >= 0.6 is 0 Å². The van der Waals surface area contributed by atoms with Crippen molar-refractivity contribution in [1.29, 1.82) is 0 Å². The Hall–Kier alpha value is -2.86. The van der Waals surface area contributed by atoms with Crippen LogP contribution in [0.4, 0.5) is 0 Å². The minimum Gasteiger partial charge on any atom is -0.330 e. The first-order valence-corrected chi connectivity index (χ1v) is 7.87. The van der Waals surface area contributed by atoms with Crippen molar-refractivity contribution in [3.05, 3.63) is 23.1 Å². The van der Waals surface area contributed by atoms with Crippen molar-refractivity contribution in [3.63, 3.8) is 0 Å². The van der Waals surface area contributed by atoms with E-state index in [1.807, 2.05) is 0 Å². The van der Waals surface area contributed by atoms with Crippen LogP contribution in [0, 0.1) is 0 Å². The Balaban J connectivity index is 1.85. The second-order valence-corrected chi connectivity index (χ2v) is 6.04. The molecule has 128 valence electrons. The molecule has 0 radical (unpaired) electrons. The summed E-state index contributed by atoms with van der Waals surface area (Å²) >= 11 is 0. The number of carbonyl (C=O) groups excluding carboxylic acids is 5. The van der Waals surface area contributed by atoms with E-state index in [-0.39, 0.29) is 24.4 Å². The Bertz CT molecular complexity index is 790. The molecule has 0 aliphatic carbocycles. The Morgan fingerprint density at radius 3 is 2.17 bits per heavy atom. The molecular formula is C12H10N2O9S. The van der Waals surface area contributed by atoms with Crippen molar-refractivity contribution < 1.29 is 41.8 Å². The average molecular weight is 358 g/mol. The van der Waals surface area contributed by atoms with E-state index in [4.69, 9.17) is 4.55 Å². The van der Waals surface area contributed by atoms with Gasteiger partial charge in [0.25, 0.3) is 27.8 Å². The van der Waals surface area contributed by atoms with E-state index >= 15 is 0 Å². The number of amides is 4. The van der Waals surface area contributed by atoms with Gasteiger partial charge in [0, 0.05) is 31.2 Å². The van der Waals surface area contributed by atoms with Gasteiger partial charge in [0.15, 0.2) is 4.91 Å². The Labute approximate surface area is 134 Å². The van der Waals surface area contributed by atoms with Crippen LogP contribution in [0.15, 0.2) is 23.1 Å². The molecule has 11 nitrogen and oxygen atoms in total. The lowest BCUT2D eigenvalue weighted by Gasteiger charge is -2.15. The van der Waals surface area contributed by atoms with Crippen LogP contribution in [0.1, 0.15) is 12.8 Å². The molecule has 0 bridgehead atoms. The average Bonchev–Trinajstić information content (AvgIpc) is 2.94. The largest absolute Gasteiger partial charge is 0.333 e. The summed E-state index contributed by atoms with van der Waals surface area (Å²) in [5.41, 5.74) is 0. The van der Waals surface area contributed by atoms with Gasteiger partial charge >= 0.3 is 11.9 Å². The number of hydrogen-bond acceptors (Lipinski definition) is 8. The van der Waals surface area contributed by atoms with Crippen molar-refractivity contribution in [2.45, 2.75) is 12.8 Å². The van der Waals surface area contributed by atoms with Crippen molar-refractivity contribution in [3.8, 4) is 0 Å². The first kappa shape index (κ1) is 17.5. The fourth-order valence-corrected chi connectivity index (χ4v) is 2.44. The third kappa shape index (κ3) is 3.55. The molecule has 12 heteroatoms. The van der Waals surface area contributed by atoms with Gasteiger partial charge in [-0.2, -0.15) is 8.42 Å². The second kappa shape index (κ2) is 6.33. The zero-order chi connectivity index (χ0) is 18.1. The number of hydroxylamine groups is 2. The van der Waals surface area contributed by atoms with Gasteiger partial charge in [0.1, 0.15) is 0 Å². The Morgan fingerprint density at radius 2 is 1.67 bits per heavy atom. The molecule has 1 N–H and O–H groups in total. The molecule has 4 amide bonds. The van der Waals surface area contributed by atoms with Gasteiger partial charge in [-0.25, -0.2) is 4.79 Å². The number of nitrogens with zero attached hydrogens (tertiary/aromatic N) is 2. The summed E-state index contributed by atoms with van der Waals surface area (Å²) in [5, 5.41) is -0.0981. The fourth-order valence-electron chi connectivity index (χ4n) is 1.88. The monoisotopic (exact) mass is 358 g/mol. The number of rotatable bonds is 6. The molecule has 0 aromatic heterocycles. The molecule has 24 heavy (non-hydrogen) atoms. The van der Waals surface area contributed by atoms with Crippen LogP contribution in [0.25, 0.3) is 0 Å².